The van der Waals surface area contributed by atoms with Crippen LogP contribution in [0, 0.1) is 5.92 Å². The van der Waals surface area contributed by atoms with E-state index in [2.05, 4.69) is 5.32 Å². The third kappa shape index (κ3) is 4.03. The molecule has 2 aliphatic heterocycles. The molecule has 0 spiro atoms. The summed E-state index contributed by atoms with van der Waals surface area (Å²) in [6.07, 6.45) is 5.23. The van der Waals surface area contributed by atoms with Gasteiger partial charge in [0.2, 0.25) is 5.91 Å². The van der Waals surface area contributed by atoms with Crippen LogP contribution in [-0.4, -0.2) is 47.9 Å². The summed E-state index contributed by atoms with van der Waals surface area (Å²) in [4.78, 5) is 28.8. The third-order valence-corrected chi connectivity index (χ3v) is 4.75. The summed E-state index contributed by atoms with van der Waals surface area (Å²) >= 11 is 0. The maximum absolute atomic E-state index is 12.6. The summed E-state index contributed by atoms with van der Waals surface area (Å²) in [6.45, 7) is 3.02. The molecular formula is C18H25N3O2. The number of nitrogens with zero attached hydrogens (tertiary/aromatic N) is 2. The monoisotopic (exact) mass is 315 g/mol. The van der Waals surface area contributed by atoms with E-state index in [1.54, 1.807) is 4.90 Å². The van der Waals surface area contributed by atoms with E-state index in [9.17, 15) is 9.59 Å². The first-order valence-corrected chi connectivity index (χ1v) is 8.64. The fraction of sp³-hybridized carbons (Fsp3) is 0.556. The van der Waals surface area contributed by atoms with Gasteiger partial charge in [-0.2, -0.15) is 0 Å². The van der Waals surface area contributed by atoms with E-state index in [-0.39, 0.29) is 17.9 Å². The van der Waals surface area contributed by atoms with Crippen molar-refractivity contribution in [2.45, 2.75) is 32.1 Å². The Labute approximate surface area is 137 Å². The molecule has 0 bridgehead atoms. The average Bonchev–Trinajstić information content (AvgIpc) is 2.63. The quantitative estimate of drug-likeness (QED) is 0.912. The van der Waals surface area contributed by atoms with E-state index < -0.39 is 0 Å². The minimum absolute atomic E-state index is 0.0385. The van der Waals surface area contributed by atoms with E-state index in [1.807, 2.05) is 35.2 Å². The molecule has 0 saturated carbocycles. The van der Waals surface area contributed by atoms with Crippen LogP contribution in [0.1, 0.15) is 32.1 Å². The maximum atomic E-state index is 12.6. The molecule has 5 nitrogen and oxygen atoms in total. The molecule has 1 aromatic rings. The number of nitrogens with one attached hydrogen (secondary N) is 1. The van der Waals surface area contributed by atoms with Gasteiger partial charge < -0.3 is 15.1 Å². The number of amides is 3. The van der Waals surface area contributed by atoms with Crippen molar-refractivity contribution in [3.8, 4) is 0 Å². The Bertz CT molecular complexity index is 540. The number of para-hydroxylation sites is 1. The Kier molecular flexibility index (Phi) is 5.16. The second-order valence-electron chi connectivity index (χ2n) is 6.47. The largest absolute Gasteiger partial charge is 0.342 e. The summed E-state index contributed by atoms with van der Waals surface area (Å²) < 4.78 is 0. The molecular weight excluding hydrogens is 290 g/mol. The lowest BCUT2D eigenvalue weighted by Gasteiger charge is -2.36. The SMILES string of the molecule is O=C(Nc1ccccc1)N1CCC[C@H](C(=O)N2CCCCC2)C1. The molecule has 0 radical (unpaired) electrons. The Balaban J connectivity index is 1.57. The predicted molar refractivity (Wildman–Crippen MR) is 90.2 cm³/mol. The molecule has 3 amide bonds. The number of carbonyl (C=O) groups excluding carboxylic acids is 2. The van der Waals surface area contributed by atoms with E-state index in [0.717, 1.165) is 51.0 Å². The highest BCUT2D eigenvalue weighted by atomic mass is 16.2. The maximum Gasteiger partial charge on any atom is 0.321 e. The molecule has 23 heavy (non-hydrogen) atoms. The number of likely N-dealkylation sites (tertiary alicyclic amines) is 2. The van der Waals surface area contributed by atoms with Crippen LogP contribution in [0.4, 0.5) is 10.5 Å². The van der Waals surface area contributed by atoms with Gasteiger partial charge in [0, 0.05) is 31.9 Å². The highest BCUT2D eigenvalue weighted by molar-refractivity contribution is 5.90. The molecule has 0 aliphatic carbocycles. The van der Waals surface area contributed by atoms with Crippen LogP contribution >= 0.6 is 0 Å². The van der Waals surface area contributed by atoms with Crippen LogP contribution in [0.25, 0.3) is 0 Å². The molecule has 2 aliphatic rings. The van der Waals surface area contributed by atoms with Crippen LogP contribution in [0.15, 0.2) is 30.3 Å². The minimum Gasteiger partial charge on any atom is -0.342 e. The number of urea groups is 1. The minimum atomic E-state index is -0.104. The zero-order valence-corrected chi connectivity index (χ0v) is 13.5. The summed E-state index contributed by atoms with van der Waals surface area (Å²) in [5, 5.41) is 2.91. The molecule has 1 aromatic carbocycles. The number of hydrogen-bond donors (Lipinski definition) is 1. The third-order valence-electron chi connectivity index (χ3n) is 4.75. The number of anilines is 1. The van der Waals surface area contributed by atoms with Crippen LogP contribution < -0.4 is 5.32 Å². The molecule has 3 rings (SSSR count). The highest BCUT2D eigenvalue weighted by Gasteiger charge is 2.31. The molecule has 0 unspecified atom stereocenters. The molecule has 0 aromatic heterocycles. The summed E-state index contributed by atoms with van der Waals surface area (Å²) in [5.74, 6) is 0.199. The van der Waals surface area contributed by atoms with Crippen molar-refractivity contribution in [3.05, 3.63) is 30.3 Å². The lowest BCUT2D eigenvalue weighted by Crippen LogP contribution is -2.48. The van der Waals surface area contributed by atoms with E-state index in [0.29, 0.717) is 6.54 Å². The van der Waals surface area contributed by atoms with Gasteiger partial charge >= 0.3 is 6.03 Å². The zero-order chi connectivity index (χ0) is 16.1. The van der Waals surface area contributed by atoms with Gasteiger partial charge in [-0.1, -0.05) is 18.2 Å². The zero-order valence-electron chi connectivity index (χ0n) is 13.5. The molecule has 124 valence electrons. The van der Waals surface area contributed by atoms with Gasteiger partial charge in [0.15, 0.2) is 0 Å². The normalized spacial score (nSPS) is 21.8. The molecule has 2 fully saturated rings. The Morgan fingerprint density at radius 3 is 2.35 bits per heavy atom. The van der Waals surface area contributed by atoms with Crippen molar-refractivity contribution < 1.29 is 9.59 Å². The van der Waals surface area contributed by atoms with Gasteiger partial charge in [0.1, 0.15) is 0 Å². The first-order chi connectivity index (χ1) is 11.2. The van der Waals surface area contributed by atoms with Crippen molar-refractivity contribution in [2.24, 2.45) is 5.92 Å². The predicted octanol–water partition coefficient (Wildman–Crippen LogP) is 2.94. The first kappa shape index (κ1) is 15.8. The number of piperidine rings is 2. The van der Waals surface area contributed by atoms with Gasteiger partial charge in [-0.25, -0.2) is 4.79 Å². The van der Waals surface area contributed by atoms with Crippen LogP contribution in [0.2, 0.25) is 0 Å². The Hall–Kier alpha value is -2.04. The van der Waals surface area contributed by atoms with Crippen LogP contribution in [0.5, 0.6) is 0 Å². The van der Waals surface area contributed by atoms with Gasteiger partial charge in [-0.15, -0.1) is 0 Å². The molecule has 2 heterocycles. The Morgan fingerprint density at radius 2 is 1.61 bits per heavy atom. The van der Waals surface area contributed by atoms with Gasteiger partial charge in [-0.05, 0) is 44.2 Å². The fourth-order valence-electron chi connectivity index (χ4n) is 3.46. The summed E-state index contributed by atoms with van der Waals surface area (Å²) in [5.41, 5.74) is 0.794. The van der Waals surface area contributed by atoms with E-state index >= 15 is 0 Å². The topological polar surface area (TPSA) is 52.7 Å². The smallest absolute Gasteiger partial charge is 0.321 e. The molecule has 2 saturated heterocycles. The summed E-state index contributed by atoms with van der Waals surface area (Å²) in [6, 6.07) is 9.36. The van der Waals surface area contributed by atoms with Gasteiger partial charge in [0.05, 0.1) is 5.92 Å². The Morgan fingerprint density at radius 1 is 0.913 bits per heavy atom. The lowest BCUT2D eigenvalue weighted by atomic mass is 9.95. The van der Waals surface area contributed by atoms with E-state index in [1.165, 1.54) is 6.42 Å². The second-order valence-corrected chi connectivity index (χ2v) is 6.47. The summed E-state index contributed by atoms with van der Waals surface area (Å²) in [7, 11) is 0. The molecule has 1 N–H and O–H groups in total. The lowest BCUT2D eigenvalue weighted by molar-refractivity contribution is -0.137. The highest BCUT2D eigenvalue weighted by Crippen LogP contribution is 2.22. The standard InChI is InChI=1S/C18H25N3O2/c22-17(20-11-5-2-6-12-20)15-8-7-13-21(14-15)18(23)19-16-9-3-1-4-10-16/h1,3-4,9-10,15H,2,5-8,11-14H2,(H,19,23)/t15-/m0/s1. The number of rotatable bonds is 2. The number of hydrogen-bond acceptors (Lipinski definition) is 2. The first-order valence-electron chi connectivity index (χ1n) is 8.64. The van der Waals surface area contributed by atoms with Gasteiger partial charge in [-0.3, -0.25) is 4.79 Å². The van der Waals surface area contributed by atoms with Crippen molar-refractivity contribution in [1.82, 2.24) is 9.80 Å². The number of benzene rings is 1. The van der Waals surface area contributed by atoms with Crippen molar-refractivity contribution in [1.29, 1.82) is 0 Å². The second kappa shape index (κ2) is 7.49. The fourth-order valence-corrected chi connectivity index (χ4v) is 3.46. The van der Waals surface area contributed by atoms with Crippen LogP contribution in [0.3, 0.4) is 0 Å². The van der Waals surface area contributed by atoms with Crippen molar-refractivity contribution >= 4 is 17.6 Å². The molecule has 1 atom stereocenters. The van der Waals surface area contributed by atoms with Crippen molar-refractivity contribution in [3.63, 3.8) is 0 Å². The van der Waals surface area contributed by atoms with Crippen LogP contribution in [-0.2, 0) is 4.79 Å². The van der Waals surface area contributed by atoms with Crippen molar-refractivity contribution in [2.75, 3.05) is 31.5 Å². The average molecular weight is 315 g/mol. The molecule has 5 heteroatoms. The van der Waals surface area contributed by atoms with E-state index in [4.69, 9.17) is 0 Å². The number of carbonyl (C=O) groups is 2. The van der Waals surface area contributed by atoms with Gasteiger partial charge in [0.25, 0.3) is 0 Å².